The average molecular weight is 414 g/mol. The van der Waals surface area contributed by atoms with Crippen molar-refractivity contribution in [2.24, 2.45) is 0 Å². The lowest BCUT2D eigenvalue weighted by Crippen LogP contribution is -2.60. The highest BCUT2D eigenvalue weighted by molar-refractivity contribution is 6.87. The third-order valence-corrected chi connectivity index (χ3v) is 19.4. The fourth-order valence-corrected chi connectivity index (χ4v) is 23.0. The van der Waals surface area contributed by atoms with E-state index in [2.05, 4.69) is 65.5 Å². The van der Waals surface area contributed by atoms with E-state index in [1.807, 2.05) is 6.55 Å². The zero-order valence-corrected chi connectivity index (χ0v) is 22.0. The summed E-state index contributed by atoms with van der Waals surface area (Å²) >= 11 is 0. The van der Waals surface area contributed by atoms with Gasteiger partial charge in [-0.3, -0.25) is 0 Å². The molecule has 5 nitrogen and oxygen atoms in total. The molecule has 0 fully saturated rings. The van der Waals surface area contributed by atoms with Crippen molar-refractivity contribution in [1.29, 1.82) is 0 Å². The minimum Gasteiger partial charge on any atom is -0.436 e. The molecule has 11 heteroatoms. The molecule has 0 heterocycles. The first-order chi connectivity index (χ1) is 9.66. The Balaban J connectivity index is 5.14. The smallest absolute Gasteiger partial charge is 0.436 e. The molecule has 131 valence electrons. The van der Waals surface area contributed by atoms with Crippen LogP contribution in [-0.2, 0) is 20.6 Å². The Labute approximate surface area is 145 Å². The van der Waals surface area contributed by atoms with Crippen molar-refractivity contribution in [2.45, 2.75) is 72.0 Å². The lowest BCUT2D eigenvalue weighted by atomic mass is 11.9. The van der Waals surface area contributed by atoms with Gasteiger partial charge in [0.25, 0.3) is 0 Å². The number of rotatable bonds is 10. The summed E-state index contributed by atoms with van der Waals surface area (Å²) in [6.07, 6.45) is 0. The van der Waals surface area contributed by atoms with Crippen molar-refractivity contribution >= 4 is 53.0 Å². The Morgan fingerprint density at radius 3 is 1.00 bits per heavy atom. The van der Waals surface area contributed by atoms with E-state index in [-0.39, 0.29) is 0 Å². The molecule has 0 unspecified atom stereocenters. The van der Waals surface area contributed by atoms with Crippen LogP contribution in [0.2, 0.25) is 72.0 Å². The Kier molecular flexibility index (Phi) is 9.43. The van der Waals surface area contributed by atoms with Gasteiger partial charge in [0.1, 0.15) is 0 Å². The molecule has 0 bridgehead atoms. The first kappa shape index (κ1) is 23.1. The second kappa shape index (κ2) is 8.98. The first-order valence-corrected chi connectivity index (χ1v) is 22.6. The van der Waals surface area contributed by atoms with Gasteiger partial charge in [-0.05, 0) is 65.5 Å². The highest BCUT2D eigenvalue weighted by Gasteiger charge is 2.48. The van der Waals surface area contributed by atoms with E-state index in [0.717, 1.165) is 0 Å². The number of hydrogen-bond acceptors (Lipinski definition) is 5. The molecule has 0 spiro atoms. The topological polar surface area (TPSA) is 46.2 Å². The maximum Gasteiger partial charge on any atom is 0.469 e. The van der Waals surface area contributed by atoms with Gasteiger partial charge in [0, 0.05) is 6.55 Å². The molecule has 0 aliphatic heterocycles. The van der Waals surface area contributed by atoms with Crippen molar-refractivity contribution < 1.29 is 20.6 Å². The van der Waals surface area contributed by atoms with E-state index in [9.17, 15) is 0 Å². The fraction of sp³-hybridized carbons (Fsp3) is 1.00. The summed E-state index contributed by atoms with van der Waals surface area (Å²) in [6.45, 7) is 23.0. The first-order valence-electron chi connectivity index (χ1n) is 7.54. The maximum absolute atomic E-state index is 6.39. The predicted octanol–water partition coefficient (Wildman–Crippen LogP) is 3.80. The second-order valence-electron chi connectivity index (χ2n) is 6.90. The summed E-state index contributed by atoms with van der Waals surface area (Å²) in [5.74, 6) is 0. The zero-order valence-electron chi connectivity index (χ0n) is 16.0. The quantitative estimate of drug-likeness (QED) is 0.510. The van der Waals surface area contributed by atoms with E-state index in [4.69, 9.17) is 20.6 Å². The third-order valence-electron chi connectivity index (χ3n) is 2.15. The van der Waals surface area contributed by atoms with E-state index in [1.54, 1.807) is 0 Å². The molecule has 0 aromatic carbocycles. The van der Waals surface area contributed by atoms with Crippen LogP contribution in [0.15, 0.2) is 0 Å². The lowest BCUT2D eigenvalue weighted by molar-refractivity contribution is 0.221. The van der Waals surface area contributed by atoms with Gasteiger partial charge >= 0.3 is 25.9 Å². The molecule has 0 aliphatic rings. The standard InChI is InChI=1S/C11H33O5Si6/c1-17(2)12-20(7,8)15-22(11,14-19(5)6)16-21(9,10)13-18(3)4/h1-11H3. The molecule has 0 rings (SSSR count). The minimum absolute atomic E-state index is 0.812. The van der Waals surface area contributed by atoms with Gasteiger partial charge in [0.15, 0.2) is 27.1 Å². The lowest BCUT2D eigenvalue weighted by Gasteiger charge is -2.40. The Morgan fingerprint density at radius 2 is 0.773 bits per heavy atom. The molecule has 0 atom stereocenters. The molecular formula is C11H33O5Si6. The molecule has 0 N–H and O–H groups in total. The van der Waals surface area contributed by atoms with Gasteiger partial charge in [0.05, 0.1) is 0 Å². The minimum atomic E-state index is -2.77. The summed E-state index contributed by atoms with van der Waals surface area (Å²) in [4.78, 5) is 0. The average Bonchev–Trinajstić information content (AvgIpc) is 2.05. The van der Waals surface area contributed by atoms with Crippen LogP contribution in [0, 0.1) is 0 Å². The predicted molar refractivity (Wildman–Crippen MR) is 104 cm³/mol. The van der Waals surface area contributed by atoms with Crippen LogP contribution in [-0.4, -0.2) is 53.0 Å². The van der Waals surface area contributed by atoms with Gasteiger partial charge in [-0.1, -0.05) is 0 Å². The molecule has 0 saturated carbocycles. The second-order valence-corrected chi connectivity index (χ2v) is 23.8. The molecule has 0 aliphatic carbocycles. The molecule has 3 radical (unpaired) electrons. The van der Waals surface area contributed by atoms with Crippen molar-refractivity contribution in [3.8, 4) is 0 Å². The van der Waals surface area contributed by atoms with Crippen LogP contribution in [0.4, 0.5) is 0 Å². The molecule has 0 aromatic heterocycles. The summed E-state index contributed by atoms with van der Waals surface area (Å²) in [5, 5.41) is 0. The summed E-state index contributed by atoms with van der Waals surface area (Å²) in [6, 6.07) is 0. The molecule has 0 amide bonds. The highest BCUT2D eigenvalue weighted by Crippen LogP contribution is 2.24. The summed E-state index contributed by atoms with van der Waals surface area (Å²) in [7, 11) is -9.84. The van der Waals surface area contributed by atoms with Crippen LogP contribution in [0.25, 0.3) is 0 Å². The largest absolute Gasteiger partial charge is 0.469 e. The van der Waals surface area contributed by atoms with E-state index >= 15 is 0 Å². The van der Waals surface area contributed by atoms with Gasteiger partial charge in [-0.15, -0.1) is 0 Å². The van der Waals surface area contributed by atoms with Gasteiger partial charge < -0.3 is 20.6 Å². The Bertz CT molecular complexity index is 313. The Morgan fingerprint density at radius 1 is 0.500 bits per heavy atom. The van der Waals surface area contributed by atoms with Crippen LogP contribution >= 0.6 is 0 Å². The molecule has 0 saturated heterocycles. The summed E-state index contributed by atoms with van der Waals surface area (Å²) in [5.41, 5.74) is 0. The van der Waals surface area contributed by atoms with Gasteiger partial charge in [0.2, 0.25) is 0 Å². The van der Waals surface area contributed by atoms with Crippen LogP contribution < -0.4 is 0 Å². The van der Waals surface area contributed by atoms with Crippen molar-refractivity contribution in [2.75, 3.05) is 0 Å². The SMILES string of the molecule is C[Si](C)O[Si](C)(C)O[Si](C)(O[Si](C)C)O[Si](C)(C)O[Si](C)C. The van der Waals surface area contributed by atoms with E-state index in [1.165, 1.54) is 0 Å². The Hall–Kier alpha value is 1.10. The van der Waals surface area contributed by atoms with Crippen LogP contribution in [0.5, 0.6) is 0 Å². The van der Waals surface area contributed by atoms with E-state index in [0.29, 0.717) is 0 Å². The maximum atomic E-state index is 6.39. The van der Waals surface area contributed by atoms with Gasteiger partial charge in [-0.25, -0.2) is 0 Å². The summed E-state index contributed by atoms with van der Waals surface area (Å²) < 4.78 is 31.2. The molecular weight excluding hydrogens is 381 g/mol. The van der Waals surface area contributed by atoms with Crippen LogP contribution in [0.1, 0.15) is 0 Å². The zero-order chi connectivity index (χ0) is 17.8. The molecule has 0 aromatic rings. The van der Waals surface area contributed by atoms with Crippen molar-refractivity contribution in [3.05, 3.63) is 0 Å². The highest BCUT2D eigenvalue weighted by atomic mass is 28.5. The normalized spacial score (nSPS) is 14.5. The molecule has 22 heavy (non-hydrogen) atoms. The monoisotopic (exact) mass is 413 g/mol. The van der Waals surface area contributed by atoms with Crippen LogP contribution in [0.3, 0.4) is 0 Å². The van der Waals surface area contributed by atoms with Gasteiger partial charge in [-0.2, -0.15) is 0 Å². The fourth-order valence-electron chi connectivity index (χ4n) is 2.35. The number of hydrogen-bond donors (Lipinski definition) is 0. The van der Waals surface area contributed by atoms with E-state index < -0.39 is 53.0 Å². The van der Waals surface area contributed by atoms with Crippen molar-refractivity contribution in [1.82, 2.24) is 0 Å². The third kappa shape index (κ3) is 10.8. The van der Waals surface area contributed by atoms with Crippen molar-refractivity contribution in [3.63, 3.8) is 0 Å².